The highest BCUT2D eigenvalue weighted by Crippen LogP contribution is 2.20. The summed E-state index contributed by atoms with van der Waals surface area (Å²) >= 11 is 5.93. The fourth-order valence-corrected chi connectivity index (χ4v) is 2.48. The lowest BCUT2D eigenvalue weighted by atomic mass is 10.2. The van der Waals surface area contributed by atoms with Gasteiger partial charge in [-0.05, 0) is 24.3 Å². The van der Waals surface area contributed by atoms with E-state index in [2.05, 4.69) is 19.8 Å². The predicted octanol–water partition coefficient (Wildman–Crippen LogP) is 2.07. The van der Waals surface area contributed by atoms with Gasteiger partial charge < -0.3 is 9.88 Å². The average Bonchev–Trinajstić information content (AvgIpc) is 2.89. The van der Waals surface area contributed by atoms with E-state index in [9.17, 15) is 0 Å². The maximum absolute atomic E-state index is 5.93. The summed E-state index contributed by atoms with van der Waals surface area (Å²) in [6.45, 7) is 5.17. The van der Waals surface area contributed by atoms with E-state index in [0.29, 0.717) is 0 Å². The molecule has 5 heteroatoms. The molecule has 4 nitrogen and oxygen atoms in total. The number of nitrogens with one attached hydrogen (secondary N) is 1. The molecule has 2 heterocycles. The minimum Gasteiger partial charge on any atom is -0.317 e. The van der Waals surface area contributed by atoms with Gasteiger partial charge in [0.15, 0.2) is 0 Å². The van der Waals surface area contributed by atoms with Crippen molar-refractivity contribution in [3.63, 3.8) is 0 Å². The molecule has 1 aliphatic rings. The van der Waals surface area contributed by atoms with Gasteiger partial charge in [-0.1, -0.05) is 11.6 Å². The van der Waals surface area contributed by atoms with Crippen LogP contribution in [-0.2, 0) is 6.67 Å². The molecular weight excluding hydrogens is 260 g/mol. The summed E-state index contributed by atoms with van der Waals surface area (Å²) < 4.78 is 2.19. The molecular formula is C14H17ClN4. The fraction of sp³-hybridized carbons (Fsp3) is 0.357. The topological polar surface area (TPSA) is 33.1 Å². The molecule has 0 bridgehead atoms. The first-order valence-electron chi connectivity index (χ1n) is 6.53. The van der Waals surface area contributed by atoms with Crippen molar-refractivity contribution in [1.29, 1.82) is 0 Å². The van der Waals surface area contributed by atoms with Gasteiger partial charge in [0, 0.05) is 49.2 Å². The molecule has 0 spiro atoms. The van der Waals surface area contributed by atoms with Crippen LogP contribution < -0.4 is 5.32 Å². The lowest BCUT2D eigenvalue weighted by Crippen LogP contribution is -2.44. The smallest absolute Gasteiger partial charge is 0.140 e. The number of halogens is 1. The molecule has 19 heavy (non-hydrogen) atoms. The van der Waals surface area contributed by atoms with Crippen LogP contribution in [0.1, 0.15) is 0 Å². The molecule has 100 valence electrons. The third-order valence-electron chi connectivity index (χ3n) is 3.38. The van der Waals surface area contributed by atoms with Gasteiger partial charge in [-0.25, -0.2) is 4.98 Å². The van der Waals surface area contributed by atoms with Gasteiger partial charge >= 0.3 is 0 Å². The molecule has 1 saturated heterocycles. The zero-order chi connectivity index (χ0) is 13.1. The Bertz CT molecular complexity index is 529. The molecule has 3 rings (SSSR count). The monoisotopic (exact) mass is 276 g/mol. The normalized spacial score (nSPS) is 16.7. The summed E-state index contributed by atoms with van der Waals surface area (Å²) in [6.07, 6.45) is 3.89. The number of rotatable bonds is 3. The van der Waals surface area contributed by atoms with Crippen molar-refractivity contribution in [1.82, 2.24) is 19.8 Å². The maximum Gasteiger partial charge on any atom is 0.140 e. The number of imidazole rings is 1. The van der Waals surface area contributed by atoms with Crippen LogP contribution in [0.3, 0.4) is 0 Å². The Morgan fingerprint density at radius 3 is 2.63 bits per heavy atom. The average molecular weight is 277 g/mol. The molecule has 1 fully saturated rings. The van der Waals surface area contributed by atoms with Crippen LogP contribution in [0.5, 0.6) is 0 Å². The lowest BCUT2D eigenvalue weighted by Gasteiger charge is -2.27. The molecule has 1 aliphatic heterocycles. The van der Waals surface area contributed by atoms with Crippen LogP contribution >= 0.6 is 11.6 Å². The minimum atomic E-state index is 0.754. The first-order chi connectivity index (χ1) is 9.33. The number of piperazine rings is 1. The SMILES string of the molecule is Clc1ccc(-c2nccn2CN2CCNCC2)cc1. The van der Waals surface area contributed by atoms with Crippen molar-refractivity contribution in [3.8, 4) is 11.4 Å². The van der Waals surface area contributed by atoms with Crippen LogP contribution in [-0.4, -0.2) is 40.6 Å². The molecule has 2 aromatic rings. The summed E-state index contributed by atoms with van der Waals surface area (Å²) in [7, 11) is 0. The summed E-state index contributed by atoms with van der Waals surface area (Å²) in [4.78, 5) is 6.89. The van der Waals surface area contributed by atoms with Crippen LogP contribution in [0.25, 0.3) is 11.4 Å². The molecule has 0 aliphatic carbocycles. The summed E-state index contributed by atoms with van der Waals surface area (Å²) in [6, 6.07) is 7.83. The number of hydrogen-bond acceptors (Lipinski definition) is 3. The summed E-state index contributed by atoms with van der Waals surface area (Å²) in [5.74, 6) is 0.996. The molecule has 1 N–H and O–H groups in total. The molecule has 1 aromatic carbocycles. The second-order valence-electron chi connectivity index (χ2n) is 4.74. The Morgan fingerprint density at radius 1 is 1.16 bits per heavy atom. The van der Waals surface area contributed by atoms with Crippen molar-refractivity contribution >= 4 is 11.6 Å². The summed E-state index contributed by atoms with van der Waals surface area (Å²) in [5, 5.41) is 4.12. The number of benzene rings is 1. The van der Waals surface area contributed by atoms with E-state index >= 15 is 0 Å². The van der Waals surface area contributed by atoms with E-state index in [-0.39, 0.29) is 0 Å². The largest absolute Gasteiger partial charge is 0.317 e. The second kappa shape index (κ2) is 5.74. The van der Waals surface area contributed by atoms with Gasteiger partial charge in [0.1, 0.15) is 5.82 Å². The van der Waals surface area contributed by atoms with Crippen LogP contribution in [0.4, 0.5) is 0 Å². The third-order valence-corrected chi connectivity index (χ3v) is 3.63. The van der Waals surface area contributed by atoms with E-state index in [4.69, 9.17) is 11.6 Å². The zero-order valence-electron chi connectivity index (χ0n) is 10.7. The Morgan fingerprint density at radius 2 is 1.89 bits per heavy atom. The number of aromatic nitrogens is 2. The van der Waals surface area contributed by atoms with Crippen LogP contribution in [0, 0.1) is 0 Å². The maximum atomic E-state index is 5.93. The van der Waals surface area contributed by atoms with Gasteiger partial charge in [-0.15, -0.1) is 0 Å². The van der Waals surface area contributed by atoms with E-state index in [0.717, 1.165) is 49.3 Å². The highest BCUT2D eigenvalue weighted by Gasteiger charge is 2.12. The first-order valence-corrected chi connectivity index (χ1v) is 6.91. The van der Waals surface area contributed by atoms with Gasteiger partial charge in [0.2, 0.25) is 0 Å². The predicted molar refractivity (Wildman–Crippen MR) is 77.1 cm³/mol. The van der Waals surface area contributed by atoms with Crippen LogP contribution in [0.2, 0.25) is 5.02 Å². The van der Waals surface area contributed by atoms with E-state index < -0.39 is 0 Å². The molecule has 0 amide bonds. The molecule has 1 aromatic heterocycles. The third kappa shape index (κ3) is 2.97. The molecule has 0 atom stereocenters. The Balaban J connectivity index is 1.79. The van der Waals surface area contributed by atoms with Gasteiger partial charge in [-0.3, -0.25) is 4.90 Å². The van der Waals surface area contributed by atoms with E-state index in [1.807, 2.05) is 36.7 Å². The van der Waals surface area contributed by atoms with Crippen molar-refractivity contribution in [3.05, 3.63) is 41.7 Å². The van der Waals surface area contributed by atoms with Gasteiger partial charge in [-0.2, -0.15) is 0 Å². The highest BCUT2D eigenvalue weighted by molar-refractivity contribution is 6.30. The zero-order valence-corrected chi connectivity index (χ0v) is 11.5. The first kappa shape index (κ1) is 12.7. The second-order valence-corrected chi connectivity index (χ2v) is 5.17. The quantitative estimate of drug-likeness (QED) is 0.932. The van der Waals surface area contributed by atoms with Crippen LogP contribution in [0.15, 0.2) is 36.7 Å². The minimum absolute atomic E-state index is 0.754. The highest BCUT2D eigenvalue weighted by atomic mass is 35.5. The van der Waals surface area contributed by atoms with Crippen molar-refractivity contribution in [2.45, 2.75) is 6.67 Å². The van der Waals surface area contributed by atoms with Gasteiger partial charge in [0.05, 0.1) is 6.67 Å². The van der Waals surface area contributed by atoms with Crippen molar-refractivity contribution in [2.75, 3.05) is 26.2 Å². The van der Waals surface area contributed by atoms with Gasteiger partial charge in [0.25, 0.3) is 0 Å². The molecule has 0 saturated carbocycles. The molecule has 0 unspecified atom stereocenters. The van der Waals surface area contributed by atoms with E-state index in [1.54, 1.807) is 0 Å². The lowest BCUT2D eigenvalue weighted by molar-refractivity contribution is 0.194. The fourth-order valence-electron chi connectivity index (χ4n) is 2.35. The van der Waals surface area contributed by atoms with Crippen molar-refractivity contribution < 1.29 is 0 Å². The van der Waals surface area contributed by atoms with E-state index in [1.165, 1.54) is 0 Å². The Kier molecular flexibility index (Phi) is 3.82. The Hall–Kier alpha value is -1.36. The Labute approximate surface area is 118 Å². The number of hydrogen-bond donors (Lipinski definition) is 1. The number of nitrogens with zero attached hydrogens (tertiary/aromatic N) is 3. The van der Waals surface area contributed by atoms with Crippen molar-refractivity contribution in [2.24, 2.45) is 0 Å². The summed E-state index contributed by atoms with van der Waals surface area (Å²) in [5.41, 5.74) is 1.10. The standard InChI is InChI=1S/C14H17ClN4/c15-13-3-1-12(2-4-13)14-17-7-10-19(14)11-18-8-5-16-6-9-18/h1-4,7,10,16H,5-6,8-9,11H2. The molecule has 0 radical (unpaired) electrons.